The van der Waals surface area contributed by atoms with Crippen LogP contribution in [0.4, 0.5) is 0 Å². The molecule has 4 heteroatoms. The van der Waals surface area contributed by atoms with Crippen molar-refractivity contribution in [2.24, 2.45) is 0 Å². The lowest BCUT2D eigenvalue weighted by Crippen LogP contribution is -2.41. The third kappa shape index (κ3) is 6.47. The fraction of sp³-hybridized carbons (Fsp3) is 0.533. The van der Waals surface area contributed by atoms with Crippen molar-refractivity contribution in [1.82, 2.24) is 5.32 Å². The van der Waals surface area contributed by atoms with Gasteiger partial charge in [-0.15, -0.1) is 11.8 Å². The zero-order valence-corrected chi connectivity index (χ0v) is 14.0. The highest BCUT2D eigenvalue weighted by Crippen LogP contribution is 2.23. The Morgan fingerprint density at radius 3 is 2.63 bits per heavy atom. The Balaban J connectivity index is 2.29. The first kappa shape index (κ1) is 16.6. The number of nitrogens with zero attached hydrogens (tertiary/aromatic N) is 1. The third-order valence-electron chi connectivity index (χ3n) is 2.92. The van der Waals surface area contributed by atoms with Gasteiger partial charge in [-0.25, -0.2) is 0 Å². The van der Waals surface area contributed by atoms with Crippen LogP contribution in [0.5, 0.6) is 0 Å². The van der Waals surface area contributed by atoms with Gasteiger partial charge in [-0.1, -0.05) is 22.9 Å². The molecule has 0 amide bonds. The average molecular weight is 341 g/mol. The molecule has 0 fully saturated rings. The van der Waals surface area contributed by atoms with Crippen molar-refractivity contribution in [3.05, 3.63) is 28.7 Å². The molecule has 0 heterocycles. The quantitative estimate of drug-likeness (QED) is 0.554. The smallest absolute Gasteiger partial charge is 0.103 e. The van der Waals surface area contributed by atoms with Gasteiger partial charge in [-0.05, 0) is 62.7 Å². The van der Waals surface area contributed by atoms with Crippen molar-refractivity contribution in [3.8, 4) is 6.07 Å². The number of thioether (sulfide) groups is 1. The van der Waals surface area contributed by atoms with Gasteiger partial charge in [-0.2, -0.15) is 5.26 Å². The Kier molecular flexibility index (Phi) is 7.52. The van der Waals surface area contributed by atoms with Crippen LogP contribution in [0.15, 0.2) is 33.6 Å². The number of hydrogen-bond acceptors (Lipinski definition) is 3. The molecule has 1 unspecified atom stereocenters. The van der Waals surface area contributed by atoms with E-state index >= 15 is 0 Å². The lowest BCUT2D eigenvalue weighted by Gasteiger charge is -2.22. The Morgan fingerprint density at radius 2 is 2.05 bits per heavy atom. The molecule has 1 atom stereocenters. The number of rotatable bonds is 8. The molecule has 1 N–H and O–H groups in total. The van der Waals surface area contributed by atoms with Gasteiger partial charge in [-0.3, -0.25) is 5.32 Å². The van der Waals surface area contributed by atoms with E-state index in [0.717, 1.165) is 36.0 Å². The van der Waals surface area contributed by atoms with Crippen molar-refractivity contribution in [1.29, 1.82) is 5.26 Å². The van der Waals surface area contributed by atoms with Gasteiger partial charge in [0, 0.05) is 9.37 Å². The lowest BCUT2D eigenvalue weighted by molar-refractivity contribution is 0.415. The molecule has 0 aliphatic rings. The SMILES string of the molecule is CCCNC(C)(C#N)CCCSc1ccc(Br)cc1. The first-order valence-electron chi connectivity index (χ1n) is 6.64. The molecule has 0 saturated heterocycles. The molecule has 2 nitrogen and oxygen atoms in total. The van der Waals surface area contributed by atoms with E-state index in [4.69, 9.17) is 0 Å². The summed E-state index contributed by atoms with van der Waals surface area (Å²) in [4.78, 5) is 1.28. The van der Waals surface area contributed by atoms with Crippen LogP contribution < -0.4 is 5.32 Å². The van der Waals surface area contributed by atoms with Crippen LogP contribution in [-0.4, -0.2) is 17.8 Å². The normalized spacial score (nSPS) is 13.8. The second-order valence-electron chi connectivity index (χ2n) is 4.78. The van der Waals surface area contributed by atoms with Crippen molar-refractivity contribution < 1.29 is 0 Å². The topological polar surface area (TPSA) is 35.8 Å². The first-order valence-corrected chi connectivity index (χ1v) is 8.42. The van der Waals surface area contributed by atoms with Crippen LogP contribution in [0.1, 0.15) is 33.1 Å². The van der Waals surface area contributed by atoms with E-state index in [1.54, 1.807) is 0 Å². The predicted molar refractivity (Wildman–Crippen MR) is 86.4 cm³/mol. The van der Waals surface area contributed by atoms with Crippen LogP contribution in [-0.2, 0) is 0 Å². The summed E-state index contributed by atoms with van der Waals surface area (Å²) in [5.41, 5.74) is -0.379. The summed E-state index contributed by atoms with van der Waals surface area (Å²) in [6.07, 6.45) is 3.00. The van der Waals surface area contributed by atoms with Crippen molar-refractivity contribution in [2.75, 3.05) is 12.3 Å². The van der Waals surface area contributed by atoms with E-state index in [1.807, 2.05) is 18.7 Å². The van der Waals surface area contributed by atoms with Gasteiger partial charge in [0.05, 0.1) is 6.07 Å². The number of nitrogens with one attached hydrogen (secondary N) is 1. The summed E-state index contributed by atoms with van der Waals surface area (Å²) in [7, 11) is 0. The second kappa shape index (κ2) is 8.63. The standard InChI is InChI=1S/C15H21BrN2S/c1-3-10-18-15(2,12-17)9-4-11-19-14-7-5-13(16)6-8-14/h5-8,18H,3-4,9-11H2,1-2H3. The van der Waals surface area contributed by atoms with Gasteiger partial charge in [0.25, 0.3) is 0 Å². The maximum Gasteiger partial charge on any atom is 0.103 e. The summed E-state index contributed by atoms with van der Waals surface area (Å²) < 4.78 is 1.11. The van der Waals surface area contributed by atoms with E-state index in [-0.39, 0.29) is 5.54 Å². The molecule has 0 aliphatic carbocycles. The minimum absolute atomic E-state index is 0.379. The molecule has 1 rings (SSSR count). The highest BCUT2D eigenvalue weighted by molar-refractivity contribution is 9.10. The van der Waals surface area contributed by atoms with Crippen molar-refractivity contribution in [3.63, 3.8) is 0 Å². The summed E-state index contributed by atoms with van der Waals surface area (Å²) >= 11 is 5.28. The van der Waals surface area contributed by atoms with Crippen LogP contribution in [0, 0.1) is 11.3 Å². The molecule has 19 heavy (non-hydrogen) atoms. The molecule has 0 saturated carbocycles. The zero-order chi connectivity index (χ0) is 14.1. The molecular weight excluding hydrogens is 320 g/mol. The molecule has 1 aromatic rings. The first-order chi connectivity index (χ1) is 9.09. The van der Waals surface area contributed by atoms with Crippen LogP contribution in [0.25, 0.3) is 0 Å². The van der Waals surface area contributed by atoms with E-state index in [2.05, 4.69) is 58.5 Å². The maximum absolute atomic E-state index is 9.23. The molecule has 0 spiro atoms. The minimum atomic E-state index is -0.379. The fourth-order valence-electron chi connectivity index (χ4n) is 1.73. The second-order valence-corrected chi connectivity index (χ2v) is 6.86. The molecular formula is C15H21BrN2S. The van der Waals surface area contributed by atoms with Crippen LogP contribution in [0.3, 0.4) is 0 Å². The highest BCUT2D eigenvalue weighted by Gasteiger charge is 2.21. The average Bonchev–Trinajstić information content (AvgIpc) is 2.43. The Hall–Kier alpha value is -0.500. The lowest BCUT2D eigenvalue weighted by atomic mass is 9.98. The van der Waals surface area contributed by atoms with Crippen LogP contribution in [0.2, 0.25) is 0 Å². The van der Waals surface area contributed by atoms with Crippen LogP contribution >= 0.6 is 27.7 Å². The van der Waals surface area contributed by atoms with Crippen molar-refractivity contribution in [2.45, 2.75) is 43.5 Å². The predicted octanol–water partition coefficient (Wildman–Crippen LogP) is 4.60. The van der Waals surface area contributed by atoms with Crippen molar-refractivity contribution >= 4 is 27.7 Å². The van der Waals surface area contributed by atoms with E-state index in [1.165, 1.54) is 4.90 Å². The van der Waals surface area contributed by atoms with Gasteiger partial charge < -0.3 is 0 Å². The van der Waals surface area contributed by atoms with E-state index in [0.29, 0.717) is 0 Å². The molecule has 1 aromatic carbocycles. The summed E-state index contributed by atoms with van der Waals surface area (Å²) in [6.45, 7) is 5.02. The summed E-state index contributed by atoms with van der Waals surface area (Å²) in [5, 5.41) is 12.6. The van der Waals surface area contributed by atoms with Gasteiger partial charge in [0.2, 0.25) is 0 Å². The molecule has 0 bridgehead atoms. The van der Waals surface area contributed by atoms with Gasteiger partial charge in [0.15, 0.2) is 0 Å². The third-order valence-corrected chi connectivity index (χ3v) is 4.54. The molecule has 0 aromatic heterocycles. The summed E-state index contributed by atoms with van der Waals surface area (Å²) in [6, 6.07) is 10.8. The zero-order valence-electron chi connectivity index (χ0n) is 11.6. The molecule has 104 valence electrons. The van der Waals surface area contributed by atoms with Gasteiger partial charge >= 0.3 is 0 Å². The largest absolute Gasteiger partial charge is 0.300 e. The maximum atomic E-state index is 9.23. The highest BCUT2D eigenvalue weighted by atomic mass is 79.9. The monoisotopic (exact) mass is 340 g/mol. The Labute approximate surface area is 129 Å². The summed E-state index contributed by atoms with van der Waals surface area (Å²) in [5.74, 6) is 1.05. The Bertz CT molecular complexity index is 413. The Morgan fingerprint density at radius 1 is 1.37 bits per heavy atom. The van der Waals surface area contributed by atoms with E-state index < -0.39 is 0 Å². The van der Waals surface area contributed by atoms with E-state index in [9.17, 15) is 5.26 Å². The molecule has 0 aliphatic heterocycles. The number of hydrogen-bond donors (Lipinski definition) is 1. The van der Waals surface area contributed by atoms with Gasteiger partial charge in [0.1, 0.15) is 5.54 Å². The number of nitriles is 1. The number of halogens is 1. The fourth-order valence-corrected chi connectivity index (χ4v) is 2.85. The molecule has 0 radical (unpaired) electrons. The number of benzene rings is 1. The minimum Gasteiger partial charge on any atom is -0.300 e.